The van der Waals surface area contributed by atoms with Crippen LogP contribution in [0, 0.1) is 27.7 Å². The van der Waals surface area contributed by atoms with E-state index in [1.165, 1.54) is 10.0 Å². The Morgan fingerprint density at radius 1 is 0.507 bits per heavy atom. The number of hydrazine groups is 2. The smallest absolute Gasteiger partial charge is 0.452 e. The fourth-order valence-corrected chi connectivity index (χ4v) is 8.28. The number of benzene rings is 4. The van der Waals surface area contributed by atoms with Gasteiger partial charge in [-0.25, -0.2) is 20.0 Å². The highest BCUT2D eigenvalue weighted by Crippen LogP contribution is 2.25. The number of pyridine rings is 2. The number of carbonyl (C=O) groups is 4. The van der Waals surface area contributed by atoms with Gasteiger partial charge in [-0.15, -0.1) is 0 Å². The van der Waals surface area contributed by atoms with E-state index in [4.69, 9.17) is 14.8 Å². The number of hydrazone groups is 2. The molecule has 0 fully saturated rings. The summed E-state index contributed by atoms with van der Waals surface area (Å²) in [6, 6.07) is 32.4. The monoisotopic (exact) mass is 920 g/mol. The zero-order valence-electron chi connectivity index (χ0n) is 40.5. The summed E-state index contributed by atoms with van der Waals surface area (Å²) >= 11 is 0. The summed E-state index contributed by atoms with van der Waals surface area (Å²) in [7, 11) is -2.10. The number of hydrogen-bond acceptors (Lipinski definition) is 11. The van der Waals surface area contributed by atoms with E-state index >= 15 is 0 Å². The predicted molar refractivity (Wildman–Crippen MR) is 272 cm³/mol. The van der Waals surface area contributed by atoms with Crippen molar-refractivity contribution in [2.75, 3.05) is 9.84 Å². The molecule has 0 aliphatic carbocycles. The minimum absolute atomic E-state index is 0.252. The predicted octanol–water partition coefficient (Wildman–Crippen LogP) is 6.70. The van der Waals surface area contributed by atoms with Crippen molar-refractivity contribution < 1.29 is 23.8 Å². The quantitative estimate of drug-likeness (QED) is 0.125. The van der Waals surface area contributed by atoms with E-state index in [9.17, 15) is 19.2 Å². The second-order valence-corrected chi connectivity index (χ2v) is 19.3. The van der Waals surface area contributed by atoms with E-state index in [2.05, 4.69) is 20.8 Å². The van der Waals surface area contributed by atoms with Crippen molar-refractivity contribution in [3.05, 3.63) is 177 Å². The highest BCUT2D eigenvalue weighted by molar-refractivity contribution is 6.85. The van der Waals surface area contributed by atoms with Gasteiger partial charge in [-0.2, -0.15) is 10.2 Å². The summed E-state index contributed by atoms with van der Waals surface area (Å²) in [5.74, 6) is -0.846. The minimum Gasteiger partial charge on any atom is -0.452 e. The van der Waals surface area contributed by atoms with Gasteiger partial charge in [-0.1, -0.05) is 58.7 Å². The standard InChI is InChI=1S/C52H54B2N10O5/c1-33-23-34(2)26-41(25-33)49(67)61(51(5,6)7)59-47(65)37-17-19-39-31-57-63(45-15-11-13-21-55-45)53(43(39)29-37)69-54-44-30-38(18-20-40(44)32-58-64(54)46-16-12-14-22-56-46)48(66)60-62(52(8,9)10)50(68)42-27-35(3)24-36(4)28-42/h11-32H,1-10H3,(H,59,65)(H,60,66). The molecule has 4 aromatic carbocycles. The Kier molecular flexibility index (Phi) is 13.1. The molecule has 0 spiro atoms. The third kappa shape index (κ3) is 10.3. The summed E-state index contributed by atoms with van der Waals surface area (Å²) in [5, 5.41) is 12.3. The van der Waals surface area contributed by atoms with Crippen LogP contribution >= 0.6 is 0 Å². The van der Waals surface area contributed by atoms with Crippen molar-refractivity contribution in [1.29, 1.82) is 0 Å². The van der Waals surface area contributed by atoms with Gasteiger partial charge in [-0.3, -0.25) is 39.9 Å². The fourth-order valence-electron chi connectivity index (χ4n) is 8.28. The lowest BCUT2D eigenvalue weighted by atomic mass is 9.61. The van der Waals surface area contributed by atoms with Gasteiger partial charge >= 0.3 is 14.1 Å². The molecule has 0 unspecified atom stereocenters. The first-order valence-electron chi connectivity index (χ1n) is 22.6. The van der Waals surface area contributed by atoms with E-state index < -0.39 is 37.0 Å². The van der Waals surface area contributed by atoms with Crippen LogP contribution in [-0.2, 0) is 4.57 Å². The number of aromatic nitrogens is 2. The lowest BCUT2D eigenvalue weighted by Gasteiger charge is -2.37. The molecule has 2 aliphatic rings. The molecular weight excluding hydrogens is 866 g/mol. The number of anilines is 2. The summed E-state index contributed by atoms with van der Waals surface area (Å²) in [5.41, 5.74) is 11.8. The average Bonchev–Trinajstić information content (AvgIpc) is 3.31. The third-order valence-corrected chi connectivity index (χ3v) is 11.5. The molecule has 2 N–H and O–H groups in total. The van der Waals surface area contributed by atoms with Crippen LogP contribution in [0.5, 0.6) is 0 Å². The first-order chi connectivity index (χ1) is 32.7. The summed E-state index contributed by atoms with van der Waals surface area (Å²) < 4.78 is 7.25. The van der Waals surface area contributed by atoms with Crippen LogP contribution in [0.2, 0.25) is 0 Å². The maximum Gasteiger partial charge on any atom is 0.462 e. The van der Waals surface area contributed by atoms with Crippen molar-refractivity contribution in [2.24, 2.45) is 10.2 Å². The van der Waals surface area contributed by atoms with Gasteiger partial charge in [0.1, 0.15) is 11.6 Å². The molecule has 0 saturated carbocycles. The molecule has 69 heavy (non-hydrogen) atoms. The summed E-state index contributed by atoms with van der Waals surface area (Å²) in [6.45, 7) is 18.8. The zero-order valence-corrected chi connectivity index (χ0v) is 40.5. The van der Waals surface area contributed by atoms with Crippen molar-refractivity contribution in [3.63, 3.8) is 0 Å². The Bertz CT molecular complexity index is 2780. The van der Waals surface area contributed by atoms with Crippen LogP contribution < -0.4 is 31.6 Å². The molecule has 2 aromatic heterocycles. The van der Waals surface area contributed by atoms with Crippen LogP contribution in [0.4, 0.5) is 11.6 Å². The van der Waals surface area contributed by atoms with Crippen LogP contribution in [-0.4, -0.2) is 81.2 Å². The van der Waals surface area contributed by atoms with Crippen molar-refractivity contribution in [1.82, 2.24) is 30.8 Å². The van der Waals surface area contributed by atoms with Gasteiger partial charge in [0, 0.05) is 34.6 Å². The molecule has 0 saturated heterocycles. The Labute approximate surface area is 403 Å². The maximum absolute atomic E-state index is 14.4. The van der Waals surface area contributed by atoms with Crippen LogP contribution in [0.3, 0.4) is 0 Å². The number of amides is 4. The van der Waals surface area contributed by atoms with Crippen LogP contribution in [0.25, 0.3) is 0 Å². The molecule has 17 heteroatoms. The van der Waals surface area contributed by atoms with E-state index in [1.807, 2.05) is 93.5 Å². The van der Waals surface area contributed by atoms with Crippen LogP contribution in [0.1, 0.15) is 116 Å². The van der Waals surface area contributed by atoms with E-state index in [1.54, 1.807) is 120 Å². The number of hydrogen-bond donors (Lipinski definition) is 2. The van der Waals surface area contributed by atoms with E-state index in [0.29, 0.717) is 44.8 Å². The second-order valence-electron chi connectivity index (χ2n) is 19.3. The molecule has 4 heterocycles. The topological polar surface area (TPSA) is 165 Å². The molecule has 2 aliphatic heterocycles. The molecule has 0 atom stereocenters. The van der Waals surface area contributed by atoms with Crippen molar-refractivity contribution >= 4 is 72.7 Å². The molecular formula is C52H54B2N10O5. The van der Waals surface area contributed by atoms with Gasteiger partial charge in [0.05, 0.1) is 23.5 Å². The normalized spacial score (nSPS) is 13.1. The summed E-state index contributed by atoms with van der Waals surface area (Å²) in [6.07, 6.45) is 6.63. The van der Waals surface area contributed by atoms with Gasteiger partial charge in [0.25, 0.3) is 23.6 Å². The number of aryl methyl sites for hydroxylation is 4. The minimum atomic E-state index is -1.05. The highest BCUT2D eigenvalue weighted by atomic mass is 16.4. The first-order valence-corrected chi connectivity index (χ1v) is 22.6. The lowest BCUT2D eigenvalue weighted by molar-refractivity contribution is 0.0357. The van der Waals surface area contributed by atoms with Crippen LogP contribution in [0.15, 0.2) is 132 Å². The average molecular weight is 921 g/mol. The Balaban J connectivity index is 1.18. The number of nitrogens with one attached hydrogen (secondary N) is 2. The molecule has 15 nitrogen and oxygen atoms in total. The van der Waals surface area contributed by atoms with E-state index in [-0.39, 0.29) is 22.9 Å². The number of rotatable bonds is 8. The fraction of sp³-hybridized carbons (Fsp3) is 0.231. The SMILES string of the molecule is Cc1cc(C)cc(C(=O)N(NC(=O)c2ccc3c(c2)B(OB2c4cc(C(=O)NN(C(=O)c5cc(C)cc(C)c5)C(C)(C)C)ccc4C=NN2c2ccccn2)N(c2ccccn2)N=C3)C(C)(C)C)c1. The Morgan fingerprint density at radius 2 is 0.884 bits per heavy atom. The first kappa shape index (κ1) is 47.6. The lowest BCUT2D eigenvalue weighted by Crippen LogP contribution is -2.62. The summed E-state index contributed by atoms with van der Waals surface area (Å²) in [4.78, 5) is 69.4. The van der Waals surface area contributed by atoms with Crippen molar-refractivity contribution in [3.8, 4) is 0 Å². The highest BCUT2D eigenvalue weighted by Gasteiger charge is 2.44. The third-order valence-electron chi connectivity index (χ3n) is 11.5. The molecule has 8 rings (SSSR count). The second kappa shape index (κ2) is 19.0. The largest absolute Gasteiger partial charge is 0.462 e. The number of carbonyl (C=O) groups excluding carboxylic acids is 4. The van der Waals surface area contributed by atoms with Gasteiger partial charge in [0.15, 0.2) is 0 Å². The number of nitrogens with zero attached hydrogens (tertiary/aromatic N) is 8. The molecule has 0 radical (unpaired) electrons. The Hall–Kier alpha value is -7.91. The van der Waals surface area contributed by atoms with Crippen molar-refractivity contribution in [2.45, 2.75) is 80.3 Å². The maximum atomic E-state index is 14.4. The Morgan fingerprint density at radius 3 is 1.22 bits per heavy atom. The number of fused-ring (bicyclic) bond motifs is 2. The molecule has 0 bridgehead atoms. The zero-order chi connectivity index (χ0) is 49.4. The molecule has 6 aromatic rings. The molecule has 4 amide bonds. The van der Waals surface area contributed by atoms with Gasteiger partial charge in [0.2, 0.25) is 0 Å². The van der Waals surface area contributed by atoms with Gasteiger partial charge in [-0.05, 0) is 164 Å². The van der Waals surface area contributed by atoms with Gasteiger partial charge < -0.3 is 4.57 Å². The van der Waals surface area contributed by atoms with E-state index in [0.717, 1.165) is 22.3 Å². The molecule has 348 valence electrons.